The van der Waals surface area contributed by atoms with Gasteiger partial charge in [0.1, 0.15) is 0 Å². The van der Waals surface area contributed by atoms with Gasteiger partial charge in [-0.3, -0.25) is 9.80 Å². The Labute approximate surface area is 132 Å². The van der Waals surface area contributed by atoms with E-state index in [1.165, 1.54) is 39.3 Å². The molecule has 1 rings (SSSR count). The molecule has 0 aromatic heterocycles. The summed E-state index contributed by atoms with van der Waals surface area (Å²) in [6, 6.07) is 0.653. The van der Waals surface area contributed by atoms with E-state index in [1.54, 1.807) is 0 Å². The standard InChI is InChI=1S/C17H38N4/c1-15(2)16(14-18-17(3,4)5)21-12-10-20(11-13-21)9-8-19(6)7/h15-16,18H,8-14H2,1-7H3. The molecule has 0 aromatic carbocycles. The van der Waals surface area contributed by atoms with Gasteiger partial charge in [0.2, 0.25) is 0 Å². The van der Waals surface area contributed by atoms with Crippen molar-refractivity contribution in [1.29, 1.82) is 0 Å². The first-order valence-corrected chi connectivity index (χ1v) is 8.55. The topological polar surface area (TPSA) is 21.8 Å². The Morgan fingerprint density at radius 2 is 1.62 bits per heavy atom. The molecule has 0 bridgehead atoms. The summed E-state index contributed by atoms with van der Waals surface area (Å²) in [7, 11) is 4.31. The maximum Gasteiger partial charge on any atom is 0.0244 e. The Balaban J connectivity index is 2.41. The van der Waals surface area contributed by atoms with Gasteiger partial charge in [0.25, 0.3) is 0 Å². The third-order valence-corrected chi connectivity index (χ3v) is 4.35. The average Bonchev–Trinajstić information content (AvgIpc) is 2.36. The molecule has 0 aromatic rings. The maximum absolute atomic E-state index is 3.69. The van der Waals surface area contributed by atoms with Gasteiger partial charge in [-0.1, -0.05) is 13.8 Å². The summed E-state index contributed by atoms with van der Waals surface area (Å²) in [6.07, 6.45) is 0. The van der Waals surface area contributed by atoms with Crippen molar-refractivity contribution in [2.75, 3.05) is 59.9 Å². The quantitative estimate of drug-likeness (QED) is 0.770. The summed E-state index contributed by atoms with van der Waals surface area (Å²) in [5.41, 5.74) is 0.209. The Kier molecular flexibility index (Phi) is 7.62. The molecule has 21 heavy (non-hydrogen) atoms. The molecule has 1 aliphatic heterocycles. The van der Waals surface area contributed by atoms with E-state index in [-0.39, 0.29) is 5.54 Å². The van der Waals surface area contributed by atoms with Gasteiger partial charge in [0.05, 0.1) is 0 Å². The highest BCUT2D eigenvalue weighted by Crippen LogP contribution is 2.14. The highest BCUT2D eigenvalue weighted by Gasteiger charge is 2.26. The molecule has 0 radical (unpaired) electrons. The molecule has 4 heteroatoms. The molecule has 1 heterocycles. The zero-order valence-electron chi connectivity index (χ0n) is 15.4. The van der Waals surface area contributed by atoms with E-state index in [1.807, 2.05) is 0 Å². The molecule has 1 aliphatic rings. The van der Waals surface area contributed by atoms with Crippen molar-refractivity contribution in [1.82, 2.24) is 20.0 Å². The summed E-state index contributed by atoms with van der Waals surface area (Å²) in [5, 5.41) is 3.69. The van der Waals surface area contributed by atoms with Gasteiger partial charge < -0.3 is 10.2 Å². The fourth-order valence-corrected chi connectivity index (χ4v) is 2.86. The van der Waals surface area contributed by atoms with Crippen LogP contribution >= 0.6 is 0 Å². The van der Waals surface area contributed by atoms with Gasteiger partial charge in [-0.2, -0.15) is 0 Å². The van der Waals surface area contributed by atoms with Crippen LogP contribution in [0.15, 0.2) is 0 Å². The number of hydrogen-bond acceptors (Lipinski definition) is 4. The predicted molar refractivity (Wildman–Crippen MR) is 92.9 cm³/mol. The van der Waals surface area contributed by atoms with E-state index < -0.39 is 0 Å². The second kappa shape index (κ2) is 8.47. The number of likely N-dealkylation sites (N-methyl/N-ethyl adjacent to an activating group) is 1. The normalized spacial score (nSPS) is 20.4. The zero-order chi connectivity index (χ0) is 16.0. The van der Waals surface area contributed by atoms with Crippen LogP contribution < -0.4 is 5.32 Å². The number of rotatable bonds is 7. The van der Waals surface area contributed by atoms with E-state index in [0.29, 0.717) is 12.0 Å². The fourth-order valence-electron chi connectivity index (χ4n) is 2.86. The van der Waals surface area contributed by atoms with Gasteiger partial charge in [0.15, 0.2) is 0 Å². The van der Waals surface area contributed by atoms with Crippen LogP contribution in [-0.2, 0) is 0 Å². The zero-order valence-corrected chi connectivity index (χ0v) is 15.4. The number of nitrogens with zero attached hydrogens (tertiary/aromatic N) is 3. The first-order valence-electron chi connectivity index (χ1n) is 8.55. The van der Waals surface area contributed by atoms with Crippen molar-refractivity contribution in [3.05, 3.63) is 0 Å². The van der Waals surface area contributed by atoms with Gasteiger partial charge in [-0.15, -0.1) is 0 Å². The monoisotopic (exact) mass is 298 g/mol. The molecule has 0 amide bonds. The molecule has 1 fully saturated rings. The Bertz CT molecular complexity index is 275. The van der Waals surface area contributed by atoms with Crippen LogP contribution in [-0.4, -0.2) is 86.2 Å². The summed E-state index contributed by atoms with van der Waals surface area (Å²) >= 11 is 0. The third kappa shape index (κ3) is 7.59. The Morgan fingerprint density at radius 3 is 2.05 bits per heavy atom. The van der Waals surface area contributed by atoms with Crippen molar-refractivity contribution in [2.45, 2.75) is 46.2 Å². The largest absolute Gasteiger partial charge is 0.311 e. The highest BCUT2D eigenvalue weighted by molar-refractivity contribution is 4.84. The van der Waals surface area contributed by atoms with Crippen molar-refractivity contribution in [3.8, 4) is 0 Å². The smallest absolute Gasteiger partial charge is 0.0244 e. The third-order valence-electron chi connectivity index (χ3n) is 4.35. The molecule has 126 valence electrons. The van der Waals surface area contributed by atoms with Gasteiger partial charge in [-0.25, -0.2) is 0 Å². The SMILES string of the molecule is CC(C)C(CNC(C)(C)C)N1CCN(CCN(C)C)CC1. The minimum Gasteiger partial charge on any atom is -0.311 e. The molecule has 0 saturated carbocycles. The van der Waals surface area contributed by atoms with Crippen LogP contribution in [0.2, 0.25) is 0 Å². The second-order valence-corrected chi connectivity index (χ2v) is 8.12. The first-order chi connectivity index (χ1) is 9.69. The lowest BCUT2D eigenvalue weighted by Crippen LogP contribution is -2.56. The average molecular weight is 299 g/mol. The minimum absolute atomic E-state index is 0.209. The molecular formula is C17H38N4. The van der Waals surface area contributed by atoms with Gasteiger partial charge in [0, 0.05) is 57.4 Å². The summed E-state index contributed by atoms with van der Waals surface area (Å²) in [5.74, 6) is 0.702. The van der Waals surface area contributed by atoms with Crippen LogP contribution in [0.25, 0.3) is 0 Å². The van der Waals surface area contributed by atoms with Crippen LogP contribution in [0, 0.1) is 5.92 Å². The lowest BCUT2D eigenvalue weighted by atomic mass is 9.99. The van der Waals surface area contributed by atoms with E-state index in [0.717, 1.165) is 6.54 Å². The van der Waals surface area contributed by atoms with Crippen molar-refractivity contribution < 1.29 is 0 Å². The summed E-state index contributed by atoms with van der Waals surface area (Å²) in [6.45, 7) is 19.8. The molecule has 1 atom stereocenters. The number of piperazine rings is 1. The molecule has 0 spiro atoms. The van der Waals surface area contributed by atoms with Crippen LogP contribution in [0.4, 0.5) is 0 Å². The molecular weight excluding hydrogens is 260 g/mol. The molecule has 0 aliphatic carbocycles. The van der Waals surface area contributed by atoms with E-state index >= 15 is 0 Å². The summed E-state index contributed by atoms with van der Waals surface area (Å²) < 4.78 is 0. The van der Waals surface area contributed by atoms with Gasteiger partial charge in [-0.05, 0) is 40.8 Å². The highest BCUT2D eigenvalue weighted by atomic mass is 15.3. The van der Waals surface area contributed by atoms with Crippen LogP contribution in [0.1, 0.15) is 34.6 Å². The predicted octanol–water partition coefficient (Wildman–Crippen LogP) is 1.58. The Hall–Kier alpha value is -0.160. The second-order valence-electron chi connectivity index (χ2n) is 8.12. The molecule has 1 N–H and O–H groups in total. The maximum atomic E-state index is 3.69. The number of nitrogens with one attached hydrogen (secondary N) is 1. The lowest BCUT2D eigenvalue weighted by Gasteiger charge is -2.42. The van der Waals surface area contributed by atoms with Crippen LogP contribution in [0.3, 0.4) is 0 Å². The molecule has 1 unspecified atom stereocenters. The van der Waals surface area contributed by atoms with E-state index in [2.05, 4.69) is 68.7 Å². The van der Waals surface area contributed by atoms with Crippen molar-refractivity contribution in [2.24, 2.45) is 5.92 Å². The first kappa shape index (κ1) is 18.9. The Morgan fingerprint density at radius 1 is 1.05 bits per heavy atom. The molecule has 4 nitrogen and oxygen atoms in total. The summed E-state index contributed by atoms with van der Waals surface area (Å²) in [4.78, 5) is 7.57. The molecule has 1 saturated heterocycles. The fraction of sp³-hybridized carbons (Fsp3) is 1.00. The van der Waals surface area contributed by atoms with E-state index in [4.69, 9.17) is 0 Å². The van der Waals surface area contributed by atoms with Crippen molar-refractivity contribution >= 4 is 0 Å². The van der Waals surface area contributed by atoms with Crippen LogP contribution in [0.5, 0.6) is 0 Å². The lowest BCUT2D eigenvalue weighted by molar-refractivity contribution is 0.0698. The van der Waals surface area contributed by atoms with E-state index in [9.17, 15) is 0 Å². The number of hydrogen-bond donors (Lipinski definition) is 1. The van der Waals surface area contributed by atoms with Crippen molar-refractivity contribution in [3.63, 3.8) is 0 Å². The van der Waals surface area contributed by atoms with Gasteiger partial charge >= 0.3 is 0 Å². The minimum atomic E-state index is 0.209.